The van der Waals surface area contributed by atoms with Crippen LogP contribution >= 0.6 is 0 Å². The summed E-state index contributed by atoms with van der Waals surface area (Å²) in [5.74, 6) is 0.670. The second-order valence-corrected chi connectivity index (χ2v) is 4.37. The van der Waals surface area contributed by atoms with Crippen LogP contribution in [-0.2, 0) is 4.79 Å². The third-order valence-corrected chi connectivity index (χ3v) is 2.85. The highest BCUT2D eigenvalue weighted by molar-refractivity contribution is 5.78. The van der Waals surface area contributed by atoms with E-state index in [4.69, 9.17) is 10.5 Å². The molecule has 1 rings (SSSR count). The largest absolute Gasteiger partial charge is 0.494 e. The molecule has 100 valence electrons. The topological polar surface area (TPSA) is 64.3 Å². The molecule has 4 heteroatoms. The molecule has 0 aliphatic carbocycles. The molecule has 1 amide bonds. The lowest BCUT2D eigenvalue weighted by atomic mass is 10.1. The van der Waals surface area contributed by atoms with Crippen molar-refractivity contribution in [3.8, 4) is 5.75 Å². The third kappa shape index (κ3) is 4.04. The van der Waals surface area contributed by atoms with Crippen molar-refractivity contribution in [2.75, 3.05) is 13.2 Å². The van der Waals surface area contributed by atoms with E-state index in [-0.39, 0.29) is 17.9 Å². The van der Waals surface area contributed by atoms with E-state index < -0.39 is 0 Å². The number of ether oxygens (including phenoxy) is 1. The van der Waals surface area contributed by atoms with Gasteiger partial charge in [0.25, 0.3) is 0 Å². The second-order valence-electron chi connectivity index (χ2n) is 4.37. The molecular formula is C14H22N2O2. The van der Waals surface area contributed by atoms with Crippen molar-refractivity contribution in [2.24, 2.45) is 11.7 Å². The van der Waals surface area contributed by atoms with Gasteiger partial charge in [0.15, 0.2) is 0 Å². The van der Waals surface area contributed by atoms with Crippen LogP contribution in [-0.4, -0.2) is 19.1 Å². The van der Waals surface area contributed by atoms with Gasteiger partial charge in [-0.15, -0.1) is 0 Å². The van der Waals surface area contributed by atoms with E-state index in [1.165, 1.54) is 0 Å². The Labute approximate surface area is 109 Å². The minimum atomic E-state index is -0.157. The predicted molar refractivity (Wildman–Crippen MR) is 72.4 cm³/mol. The van der Waals surface area contributed by atoms with Crippen LogP contribution in [0.15, 0.2) is 24.3 Å². The number of nitrogens with two attached hydrogens (primary N) is 1. The second kappa shape index (κ2) is 7.01. The molecule has 0 radical (unpaired) electrons. The monoisotopic (exact) mass is 250 g/mol. The zero-order valence-corrected chi connectivity index (χ0v) is 11.3. The molecule has 2 atom stereocenters. The quantitative estimate of drug-likeness (QED) is 0.810. The van der Waals surface area contributed by atoms with Crippen LogP contribution in [0.3, 0.4) is 0 Å². The Hall–Kier alpha value is -1.55. The average Bonchev–Trinajstić information content (AvgIpc) is 2.38. The summed E-state index contributed by atoms with van der Waals surface area (Å²) in [6.45, 7) is 6.74. The molecule has 2 unspecified atom stereocenters. The fraction of sp³-hybridized carbons (Fsp3) is 0.500. The SMILES string of the molecule is CCOc1ccc(C(C)NC(=O)C(C)CN)cc1. The molecule has 0 aromatic heterocycles. The average molecular weight is 250 g/mol. The molecule has 0 bridgehead atoms. The van der Waals surface area contributed by atoms with Crippen LogP contribution in [0.5, 0.6) is 5.75 Å². The molecule has 3 N–H and O–H groups in total. The number of benzene rings is 1. The van der Waals surface area contributed by atoms with Crippen molar-refractivity contribution in [1.29, 1.82) is 0 Å². The minimum Gasteiger partial charge on any atom is -0.494 e. The van der Waals surface area contributed by atoms with Gasteiger partial charge >= 0.3 is 0 Å². The predicted octanol–water partition coefficient (Wildman–Crippen LogP) is 1.86. The summed E-state index contributed by atoms with van der Waals surface area (Å²) < 4.78 is 5.37. The van der Waals surface area contributed by atoms with E-state index >= 15 is 0 Å². The summed E-state index contributed by atoms with van der Waals surface area (Å²) in [7, 11) is 0. The molecule has 0 aliphatic rings. The molecule has 0 saturated carbocycles. The molecule has 4 nitrogen and oxygen atoms in total. The smallest absolute Gasteiger partial charge is 0.224 e. The van der Waals surface area contributed by atoms with Crippen molar-refractivity contribution in [1.82, 2.24) is 5.32 Å². The third-order valence-electron chi connectivity index (χ3n) is 2.85. The molecule has 1 aromatic rings. The lowest BCUT2D eigenvalue weighted by Gasteiger charge is -2.17. The van der Waals surface area contributed by atoms with Crippen molar-refractivity contribution in [3.63, 3.8) is 0 Å². The molecule has 0 aliphatic heterocycles. The molecular weight excluding hydrogens is 228 g/mol. The van der Waals surface area contributed by atoms with Crippen LogP contribution in [0.2, 0.25) is 0 Å². The number of hydrogen-bond acceptors (Lipinski definition) is 3. The summed E-state index contributed by atoms with van der Waals surface area (Å²) in [5.41, 5.74) is 6.52. The van der Waals surface area contributed by atoms with E-state index in [9.17, 15) is 4.79 Å². The van der Waals surface area contributed by atoms with Crippen molar-refractivity contribution >= 4 is 5.91 Å². The van der Waals surface area contributed by atoms with Gasteiger partial charge in [0.2, 0.25) is 5.91 Å². The fourth-order valence-electron chi connectivity index (χ4n) is 1.57. The van der Waals surface area contributed by atoms with E-state index in [1.807, 2.05) is 45.0 Å². The van der Waals surface area contributed by atoms with Gasteiger partial charge in [0.1, 0.15) is 5.75 Å². The lowest BCUT2D eigenvalue weighted by molar-refractivity contribution is -0.124. The number of rotatable bonds is 6. The Morgan fingerprint density at radius 1 is 1.33 bits per heavy atom. The molecule has 1 aromatic carbocycles. The standard InChI is InChI=1S/C14H22N2O2/c1-4-18-13-7-5-12(6-8-13)11(3)16-14(17)10(2)9-15/h5-8,10-11H,4,9,15H2,1-3H3,(H,16,17). The Balaban J connectivity index is 2.61. The number of carbonyl (C=O) groups excluding carboxylic acids is 1. The van der Waals surface area contributed by atoms with Crippen LogP contribution < -0.4 is 15.8 Å². The first kappa shape index (κ1) is 14.5. The van der Waals surface area contributed by atoms with E-state index in [0.717, 1.165) is 11.3 Å². The van der Waals surface area contributed by atoms with Crippen LogP contribution in [0.25, 0.3) is 0 Å². The van der Waals surface area contributed by atoms with Crippen molar-refractivity contribution < 1.29 is 9.53 Å². The maximum atomic E-state index is 11.7. The van der Waals surface area contributed by atoms with Gasteiger partial charge in [-0.1, -0.05) is 19.1 Å². The van der Waals surface area contributed by atoms with Crippen molar-refractivity contribution in [3.05, 3.63) is 29.8 Å². The minimum absolute atomic E-state index is 0.0149. The van der Waals surface area contributed by atoms with Gasteiger partial charge in [0, 0.05) is 12.5 Å². The summed E-state index contributed by atoms with van der Waals surface area (Å²) in [6, 6.07) is 7.72. The van der Waals surface area contributed by atoms with Gasteiger partial charge in [0.05, 0.1) is 12.6 Å². The summed E-state index contributed by atoms with van der Waals surface area (Å²) >= 11 is 0. The summed E-state index contributed by atoms with van der Waals surface area (Å²) in [4.78, 5) is 11.7. The fourth-order valence-corrected chi connectivity index (χ4v) is 1.57. The van der Waals surface area contributed by atoms with E-state index in [1.54, 1.807) is 0 Å². The zero-order valence-electron chi connectivity index (χ0n) is 11.3. The number of hydrogen-bond donors (Lipinski definition) is 2. The Kier molecular flexibility index (Phi) is 5.65. The summed E-state index contributed by atoms with van der Waals surface area (Å²) in [6.07, 6.45) is 0. The Morgan fingerprint density at radius 3 is 2.44 bits per heavy atom. The molecule has 0 heterocycles. The maximum absolute atomic E-state index is 11.7. The van der Waals surface area contributed by atoms with Gasteiger partial charge in [-0.05, 0) is 31.5 Å². The number of carbonyl (C=O) groups is 1. The molecule has 0 spiro atoms. The zero-order chi connectivity index (χ0) is 13.5. The first-order valence-corrected chi connectivity index (χ1v) is 6.31. The van der Waals surface area contributed by atoms with Gasteiger partial charge < -0.3 is 15.8 Å². The molecule has 0 saturated heterocycles. The Bertz CT molecular complexity index is 376. The highest BCUT2D eigenvalue weighted by Gasteiger charge is 2.14. The first-order valence-electron chi connectivity index (χ1n) is 6.31. The van der Waals surface area contributed by atoms with E-state index in [0.29, 0.717) is 13.2 Å². The van der Waals surface area contributed by atoms with Gasteiger partial charge in [-0.3, -0.25) is 4.79 Å². The lowest BCUT2D eigenvalue weighted by Crippen LogP contribution is -2.34. The van der Waals surface area contributed by atoms with E-state index in [2.05, 4.69) is 5.32 Å². The normalized spacial score (nSPS) is 13.8. The first-order chi connectivity index (χ1) is 8.58. The number of amides is 1. The summed E-state index contributed by atoms with van der Waals surface area (Å²) in [5, 5.41) is 2.94. The van der Waals surface area contributed by atoms with Crippen molar-refractivity contribution in [2.45, 2.75) is 26.8 Å². The maximum Gasteiger partial charge on any atom is 0.224 e. The van der Waals surface area contributed by atoms with Gasteiger partial charge in [-0.2, -0.15) is 0 Å². The van der Waals surface area contributed by atoms with Crippen LogP contribution in [0.1, 0.15) is 32.4 Å². The van der Waals surface area contributed by atoms with Crippen LogP contribution in [0.4, 0.5) is 0 Å². The highest BCUT2D eigenvalue weighted by atomic mass is 16.5. The molecule has 0 fully saturated rings. The van der Waals surface area contributed by atoms with Gasteiger partial charge in [-0.25, -0.2) is 0 Å². The van der Waals surface area contributed by atoms with Crippen LogP contribution in [0, 0.1) is 5.92 Å². The highest BCUT2D eigenvalue weighted by Crippen LogP contribution is 2.17. The number of nitrogens with one attached hydrogen (secondary N) is 1. The Morgan fingerprint density at radius 2 is 1.94 bits per heavy atom. The molecule has 18 heavy (non-hydrogen) atoms.